The van der Waals surface area contributed by atoms with Crippen LogP contribution in [0.1, 0.15) is 46.8 Å². The third-order valence-electron chi connectivity index (χ3n) is 10.1. The standard InChI is InChI=1S/C43H42N4OS2/c48-41(35(42-44-37-15-7-9-17-39(37)49-42)27-31-19-23-46(24-20-31)29-33-11-3-1-4-12-33)36(43-45-38-16-8-10-18-40(38)50-43)28-32-21-25-47(26-22-32)30-34-13-5-2-6-14-34/h1-18,27-28,31-32H,19-26,29-30H2. The van der Waals surface area contributed by atoms with Crippen molar-refractivity contribution >= 4 is 60.0 Å². The summed E-state index contributed by atoms with van der Waals surface area (Å²) >= 11 is 3.26. The summed E-state index contributed by atoms with van der Waals surface area (Å²) in [5, 5.41) is 1.63. The topological polar surface area (TPSA) is 49.3 Å². The normalized spacial score (nSPS) is 17.5. The number of thiazole rings is 2. The van der Waals surface area contributed by atoms with Gasteiger partial charge >= 0.3 is 0 Å². The van der Waals surface area contributed by atoms with E-state index < -0.39 is 0 Å². The number of benzene rings is 4. The lowest BCUT2D eigenvalue weighted by Gasteiger charge is -2.31. The lowest BCUT2D eigenvalue weighted by molar-refractivity contribution is -0.108. The Balaban J connectivity index is 1.10. The van der Waals surface area contributed by atoms with Gasteiger partial charge in [-0.15, -0.1) is 22.7 Å². The summed E-state index contributed by atoms with van der Waals surface area (Å²) in [5.41, 5.74) is 6.06. The molecule has 0 radical (unpaired) electrons. The van der Waals surface area contributed by atoms with Gasteiger partial charge in [0.05, 0.1) is 31.6 Å². The molecule has 2 aliphatic rings. The van der Waals surface area contributed by atoms with Crippen molar-refractivity contribution in [2.24, 2.45) is 11.8 Å². The molecule has 2 fully saturated rings. The molecule has 2 aliphatic heterocycles. The fourth-order valence-electron chi connectivity index (χ4n) is 7.32. The average Bonchev–Trinajstić information content (AvgIpc) is 3.79. The maximum Gasteiger partial charge on any atom is 0.198 e. The highest BCUT2D eigenvalue weighted by atomic mass is 32.1. The van der Waals surface area contributed by atoms with Crippen LogP contribution < -0.4 is 0 Å². The number of carbonyl (C=O) groups excluding carboxylic acids is 1. The molecule has 4 aromatic carbocycles. The number of rotatable bonds is 10. The molecule has 0 atom stereocenters. The first-order valence-electron chi connectivity index (χ1n) is 17.9. The van der Waals surface area contributed by atoms with E-state index >= 15 is 4.79 Å². The molecule has 0 unspecified atom stereocenters. The van der Waals surface area contributed by atoms with E-state index in [1.165, 1.54) is 11.1 Å². The number of ketones is 1. The molecule has 0 bridgehead atoms. The summed E-state index contributed by atoms with van der Waals surface area (Å²) in [6.45, 7) is 5.99. The van der Waals surface area contributed by atoms with Gasteiger partial charge in [0.2, 0.25) is 0 Å². The molecule has 0 amide bonds. The Morgan fingerprint density at radius 1 is 0.560 bits per heavy atom. The fourth-order valence-corrected chi connectivity index (χ4v) is 9.29. The first-order chi connectivity index (χ1) is 24.6. The van der Waals surface area contributed by atoms with Gasteiger partial charge in [-0.05, 0) is 99.1 Å². The predicted octanol–water partition coefficient (Wildman–Crippen LogP) is 9.77. The van der Waals surface area contributed by atoms with Crippen molar-refractivity contribution in [3.8, 4) is 0 Å². The molecule has 5 nitrogen and oxygen atoms in total. The van der Waals surface area contributed by atoms with Crippen LogP contribution in [0, 0.1) is 11.8 Å². The van der Waals surface area contributed by atoms with Gasteiger partial charge in [-0.2, -0.15) is 0 Å². The number of para-hydroxylation sites is 2. The van der Waals surface area contributed by atoms with Gasteiger partial charge in [0.25, 0.3) is 0 Å². The average molecular weight is 695 g/mol. The van der Waals surface area contributed by atoms with E-state index in [2.05, 4.69) is 107 Å². The van der Waals surface area contributed by atoms with Crippen LogP contribution in [0.25, 0.3) is 31.6 Å². The van der Waals surface area contributed by atoms with Crippen LogP contribution in [0.4, 0.5) is 0 Å². The van der Waals surface area contributed by atoms with Crippen molar-refractivity contribution in [3.63, 3.8) is 0 Å². The van der Waals surface area contributed by atoms with Crippen LogP contribution in [-0.4, -0.2) is 51.7 Å². The SMILES string of the molecule is O=C(C(=CC1CCN(Cc2ccccc2)CC1)c1nc2ccccc2s1)C(=CC1CCN(Cc2ccccc2)CC1)c1nc2ccccc2s1. The number of nitrogens with zero attached hydrogens (tertiary/aromatic N) is 4. The molecule has 7 heteroatoms. The highest BCUT2D eigenvalue weighted by molar-refractivity contribution is 7.20. The van der Waals surface area contributed by atoms with E-state index in [-0.39, 0.29) is 5.78 Å². The van der Waals surface area contributed by atoms with E-state index in [0.29, 0.717) is 11.8 Å². The highest BCUT2D eigenvalue weighted by Gasteiger charge is 2.28. The molecule has 0 saturated carbocycles. The Morgan fingerprint density at radius 3 is 1.34 bits per heavy atom. The molecule has 8 rings (SSSR count). The second kappa shape index (κ2) is 15.3. The number of piperidine rings is 2. The molecule has 2 aromatic heterocycles. The number of aromatic nitrogens is 2. The molecule has 50 heavy (non-hydrogen) atoms. The Bertz CT molecular complexity index is 1900. The zero-order valence-corrected chi connectivity index (χ0v) is 29.9. The van der Waals surface area contributed by atoms with Crippen LogP contribution in [0.5, 0.6) is 0 Å². The Labute approximate surface area is 302 Å². The third kappa shape index (κ3) is 7.72. The van der Waals surface area contributed by atoms with E-state index in [1.54, 1.807) is 22.7 Å². The minimum Gasteiger partial charge on any atom is -0.299 e. The number of carbonyl (C=O) groups is 1. The summed E-state index contributed by atoms with van der Waals surface area (Å²) in [7, 11) is 0. The summed E-state index contributed by atoms with van der Waals surface area (Å²) in [5.74, 6) is 0.679. The van der Waals surface area contributed by atoms with E-state index in [9.17, 15) is 0 Å². The van der Waals surface area contributed by atoms with Gasteiger partial charge in [-0.3, -0.25) is 14.6 Å². The van der Waals surface area contributed by atoms with E-state index in [4.69, 9.17) is 9.97 Å². The number of hydrogen-bond acceptors (Lipinski definition) is 7. The van der Waals surface area contributed by atoms with Gasteiger partial charge in [-0.1, -0.05) is 97.1 Å². The van der Waals surface area contributed by atoms with Crippen LogP contribution in [0.15, 0.2) is 121 Å². The molecule has 4 heterocycles. The maximum atomic E-state index is 15.1. The summed E-state index contributed by atoms with van der Waals surface area (Å²) in [6.07, 6.45) is 8.62. The summed E-state index contributed by atoms with van der Waals surface area (Å²) in [6, 6.07) is 37.9. The van der Waals surface area contributed by atoms with Crippen LogP contribution in [0.3, 0.4) is 0 Å². The maximum absolute atomic E-state index is 15.1. The monoisotopic (exact) mass is 694 g/mol. The second-order valence-electron chi connectivity index (χ2n) is 13.7. The van der Waals surface area contributed by atoms with Gasteiger partial charge in [0, 0.05) is 13.1 Å². The predicted molar refractivity (Wildman–Crippen MR) is 209 cm³/mol. The zero-order chi connectivity index (χ0) is 33.7. The first kappa shape index (κ1) is 32.9. The number of Topliss-reactive ketones (excluding diaryl/α,β-unsaturated/α-hetero) is 1. The molecule has 6 aromatic rings. The smallest absolute Gasteiger partial charge is 0.198 e. The van der Waals surface area contributed by atoms with Crippen molar-refractivity contribution in [3.05, 3.63) is 142 Å². The van der Waals surface area contributed by atoms with Gasteiger partial charge in [0.1, 0.15) is 10.0 Å². The van der Waals surface area contributed by atoms with E-state index in [1.807, 2.05) is 24.3 Å². The lowest BCUT2D eigenvalue weighted by Crippen LogP contribution is -2.33. The second-order valence-corrected chi connectivity index (χ2v) is 15.7. The molecule has 0 N–H and O–H groups in total. The van der Waals surface area contributed by atoms with Gasteiger partial charge in [-0.25, -0.2) is 9.97 Å². The minimum atomic E-state index is 0.0570. The number of likely N-dealkylation sites (tertiary alicyclic amines) is 2. The highest BCUT2D eigenvalue weighted by Crippen LogP contribution is 2.37. The molecule has 2 saturated heterocycles. The van der Waals surface area contributed by atoms with Gasteiger partial charge < -0.3 is 0 Å². The number of fused-ring (bicyclic) bond motifs is 2. The molecular weight excluding hydrogens is 653 g/mol. The Morgan fingerprint density at radius 2 is 0.940 bits per heavy atom. The van der Waals surface area contributed by atoms with Crippen molar-refractivity contribution < 1.29 is 4.79 Å². The summed E-state index contributed by atoms with van der Waals surface area (Å²) in [4.78, 5) is 30.3. The molecular formula is C43H42N4OS2. The summed E-state index contributed by atoms with van der Waals surface area (Å²) < 4.78 is 2.21. The molecule has 0 aliphatic carbocycles. The van der Waals surface area contributed by atoms with E-state index in [0.717, 1.165) is 107 Å². The number of hydrogen-bond donors (Lipinski definition) is 0. The lowest BCUT2D eigenvalue weighted by atomic mass is 9.89. The fraction of sp³-hybridized carbons (Fsp3) is 0.279. The Kier molecular flexibility index (Phi) is 10.1. The third-order valence-corrected chi connectivity index (χ3v) is 12.2. The molecule has 0 spiro atoms. The first-order valence-corrected chi connectivity index (χ1v) is 19.5. The van der Waals surface area contributed by atoms with Crippen LogP contribution in [-0.2, 0) is 17.9 Å². The van der Waals surface area contributed by atoms with Crippen LogP contribution in [0.2, 0.25) is 0 Å². The van der Waals surface area contributed by atoms with Crippen molar-refractivity contribution in [2.75, 3.05) is 26.2 Å². The van der Waals surface area contributed by atoms with Crippen LogP contribution >= 0.6 is 22.7 Å². The van der Waals surface area contributed by atoms with Crippen molar-refractivity contribution in [1.29, 1.82) is 0 Å². The molecule has 252 valence electrons. The van der Waals surface area contributed by atoms with Crippen molar-refractivity contribution in [2.45, 2.75) is 38.8 Å². The quantitative estimate of drug-likeness (QED) is 0.134. The largest absolute Gasteiger partial charge is 0.299 e. The minimum absolute atomic E-state index is 0.0570. The zero-order valence-electron chi connectivity index (χ0n) is 28.3. The van der Waals surface area contributed by atoms with Gasteiger partial charge in [0.15, 0.2) is 5.78 Å². The number of allylic oxidation sites excluding steroid dienone is 4. The van der Waals surface area contributed by atoms with Crippen molar-refractivity contribution in [1.82, 2.24) is 19.8 Å². The Hall–Kier alpha value is -4.27.